The number of benzene rings is 3. The number of rotatable bonds is 8. The van der Waals surface area contributed by atoms with Gasteiger partial charge in [-0.15, -0.1) is 11.8 Å². The zero-order chi connectivity index (χ0) is 21.5. The van der Waals surface area contributed by atoms with Gasteiger partial charge in [-0.1, -0.05) is 71.9 Å². The lowest BCUT2D eigenvalue weighted by molar-refractivity contribution is 0.0123. The van der Waals surface area contributed by atoms with Gasteiger partial charge in [-0.3, -0.25) is 0 Å². The first-order valence-electron chi connectivity index (χ1n) is 10.4. The molecule has 0 radical (unpaired) electrons. The number of hydrogen-bond donors (Lipinski definition) is 0. The Bertz CT molecular complexity index is 1010. The summed E-state index contributed by atoms with van der Waals surface area (Å²) in [6, 6.07) is 28.1. The number of hydrogen-bond acceptors (Lipinski definition) is 5. The molecule has 4 rings (SSSR count). The van der Waals surface area contributed by atoms with Crippen LogP contribution in [0.3, 0.4) is 0 Å². The van der Waals surface area contributed by atoms with E-state index in [-0.39, 0.29) is 11.7 Å². The minimum absolute atomic E-state index is 0.0672. The minimum Gasteiger partial charge on any atom is -0.457 e. The first-order valence-corrected chi connectivity index (χ1v) is 11.4. The Labute approximate surface area is 188 Å². The Morgan fingerprint density at radius 2 is 1.61 bits per heavy atom. The van der Waals surface area contributed by atoms with Crippen LogP contribution >= 0.6 is 11.8 Å². The fraction of sp³-hybridized carbons (Fsp3) is 0.269. The fourth-order valence-corrected chi connectivity index (χ4v) is 4.46. The standard InChI is InChI=1S/C26H27NO3S/c1-26(2)17-25(27-30-26)31-19-24(20-11-5-3-6-12-20)28-18-21-13-9-10-16-23(21)29-22-14-7-4-8-15-22/h3-16,24H,17-19H2,1-2H3. The van der Waals surface area contributed by atoms with Crippen LogP contribution in [0.5, 0.6) is 11.5 Å². The highest BCUT2D eigenvalue weighted by Crippen LogP contribution is 2.32. The molecule has 0 N–H and O–H groups in total. The highest BCUT2D eigenvalue weighted by atomic mass is 32.2. The van der Waals surface area contributed by atoms with Crippen molar-refractivity contribution in [1.29, 1.82) is 0 Å². The van der Waals surface area contributed by atoms with E-state index in [4.69, 9.17) is 14.3 Å². The summed E-state index contributed by atoms with van der Waals surface area (Å²) in [5, 5.41) is 5.25. The van der Waals surface area contributed by atoms with Crippen LogP contribution in [0.2, 0.25) is 0 Å². The predicted octanol–water partition coefficient (Wildman–Crippen LogP) is 6.98. The molecule has 31 heavy (non-hydrogen) atoms. The molecule has 3 aromatic carbocycles. The Morgan fingerprint density at radius 1 is 0.935 bits per heavy atom. The molecule has 0 bridgehead atoms. The largest absolute Gasteiger partial charge is 0.457 e. The summed E-state index contributed by atoms with van der Waals surface area (Å²) in [6.45, 7) is 4.56. The average Bonchev–Trinajstić information content (AvgIpc) is 3.14. The SMILES string of the molecule is CC1(C)CC(SCC(OCc2ccccc2Oc2ccccc2)c2ccccc2)=NO1. The summed E-state index contributed by atoms with van der Waals surface area (Å²) in [5.41, 5.74) is 1.94. The van der Waals surface area contributed by atoms with Crippen LogP contribution in [0.25, 0.3) is 0 Å². The molecular formula is C26H27NO3S. The number of nitrogens with zero attached hydrogens (tertiary/aromatic N) is 1. The van der Waals surface area contributed by atoms with Crippen molar-refractivity contribution in [3.05, 3.63) is 96.1 Å². The van der Waals surface area contributed by atoms with Crippen molar-refractivity contribution in [2.45, 2.75) is 38.6 Å². The van der Waals surface area contributed by atoms with Crippen molar-refractivity contribution in [2.75, 3.05) is 5.75 Å². The van der Waals surface area contributed by atoms with E-state index in [2.05, 4.69) is 31.1 Å². The van der Waals surface area contributed by atoms with Crippen molar-refractivity contribution in [1.82, 2.24) is 0 Å². The molecule has 1 unspecified atom stereocenters. The summed E-state index contributed by atoms with van der Waals surface area (Å²) in [6.07, 6.45) is 0.759. The fourth-order valence-electron chi connectivity index (χ4n) is 3.29. The smallest absolute Gasteiger partial charge is 0.138 e. The third-order valence-corrected chi connectivity index (χ3v) is 5.95. The number of para-hydroxylation sites is 2. The second kappa shape index (κ2) is 10.0. The highest BCUT2D eigenvalue weighted by Gasteiger charge is 2.29. The molecule has 160 valence electrons. The van der Waals surface area contributed by atoms with Gasteiger partial charge in [0.25, 0.3) is 0 Å². The van der Waals surface area contributed by atoms with E-state index >= 15 is 0 Å². The average molecular weight is 434 g/mol. The lowest BCUT2D eigenvalue weighted by atomic mass is 10.1. The van der Waals surface area contributed by atoms with E-state index in [1.54, 1.807) is 11.8 Å². The van der Waals surface area contributed by atoms with E-state index < -0.39 is 0 Å². The third kappa shape index (κ3) is 6.12. The maximum Gasteiger partial charge on any atom is 0.138 e. The molecule has 1 aliphatic heterocycles. The van der Waals surface area contributed by atoms with E-state index in [9.17, 15) is 0 Å². The lowest BCUT2D eigenvalue weighted by Gasteiger charge is -2.19. The van der Waals surface area contributed by atoms with Crippen molar-refractivity contribution in [3.8, 4) is 11.5 Å². The van der Waals surface area contributed by atoms with Crippen molar-refractivity contribution < 1.29 is 14.3 Å². The second-order valence-corrected chi connectivity index (χ2v) is 9.15. The van der Waals surface area contributed by atoms with E-state index in [1.165, 1.54) is 0 Å². The maximum absolute atomic E-state index is 6.41. The maximum atomic E-state index is 6.41. The van der Waals surface area contributed by atoms with Crippen LogP contribution in [0.15, 0.2) is 90.1 Å². The van der Waals surface area contributed by atoms with Crippen molar-refractivity contribution in [3.63, 3.8) is 0 Å². The summed E-state index contributed by atoms with van der Waals surface area (Å²) in [4.78, 5) is 5.50. The van der Waals surface area contributed by atoms with Crippen LogP contribution in [0.4, 0.5) is 0 Å². The van der Waals surface area contributed by atoms with Crippen LogP contribution < -0.4 is 4.74 Å². The quantitative estimate of drug-likeness (QED) is 0.384. The number of oxime groups is 1. The Morgan fingerprint density at radius 3 is 2.32 bits per heavy atom. The van der Waals surface area contributed by atoms with Gasteiger partial charge in [0.05, 0.1) is 12.7 Å². The van der Waals surface area contributed by atoms with Gasteiger partial charge >= 0.3 is 0 Å². The van der Waals surface area contributed by atoms with Gasteiger partial charge in [-0.05, 0) is 37.6 Å². The van der Waals surface area contributed by atoms with Crippen LogP contribution in [0.1, 0.15) is 37.5 Å². The van der Waals surface area contributed by atoms with Gasteiger partial charge in [-0.25, -0.2) is 0 Å². The van der Waals surface area contributed by atoms with Gasteiger partial charge in [-0.2, -0.15) is 0 Å². The monoisotopic (exact) mass is 433 g/mol. The third-order valence-electron chi connectivity index (χ3n) is 4.93. The Hall–Kier alpha value is -2.76. The van der Waals surface area contributed by atoms with Crippen LogP contribution in [-0.2, 0) is 16.2 Å². The molecule has 4 nitrogen and oxygen atoms in total. The van der Waals surface area contributed by atoms with Gasteiger partial charge in [0.2, 0.25) is 0 Å². The normalized spacial score (nSPS) is 15.7. The molecule has 1 atom stereocenters. The summed E-state index contributed by atoms with van der Waals surface area (Å²) < 4.78 is 12.5. The summed E-state index contributed by atoms with van der Waals surface area (Å²) in [5.74, 6) is 2.39. The first-order chi connectivity index (χ1) is 15.1. The molecular weight excluding hydrogens is 406 g/mol. The summed E-state index contributed by atoms with van der Waals surface area (Å²) in [7, 11) is 0. The van der Waals surface area contributed by atoms with Crippen molar-refractivity contribution in [2.24, 2.45) is 5.16 Å². The molecule has 5 heteroatoms. The van der Waals surface area contributed by atoms with Crippen LogP contribution in [-0.4, -0.2) is 16.4 Å². The van der Waals surface area contributed by atoms with E-state index in [0.29, 0.717) is 6.61 Å². The number of thioether (sulfide) groups is 1. The topological polar surface area (TPSA) is 40.0 Å². The van der Waals surface area contributed by atoms with Crippen molar-refractivity contribution >= 4 is 16.8 Å². The molecule has 1 aliphatic rings. The van der Waals surface area contributed by atoms with Gasteiger partial charge in [0.1, 0.15) is 22.1 Å². The molecule has 1 heterocycles. The molecule has 0 aliphatic carbocycles. The van der Waals surface area contributed by atoms with Gasteiger partial charge < -0.3 is 14.3 Å². The molecule has 3 aromatic rings. The number of ether oxygens (including phenoxy) is 2. The Balaban J connectivity index is 1.44. The lowest BCUT2D eigenvalue weighted by Crippen LogP contribution is -2.18. The minimum atomic E-state index is -0.223. The first kappa shape index (κ1) is 21.5. The van der Waals surface area contributed by atoms with E-state index in [0.717, 1.165) is 39.8 Å². The molecule has 0 spiro atoms. The zero-order valence-corrected chi connectivity index (χ0v) is 18.7. The molecule has 0 amide bonds. The van der Waals surface area contributed by atoms with Gasteiger partial charge in [0.15, 0.2) is 0 Å². The molecule has 0 saturated carbocycles. The molecule has 0 saturated heterocycles. The Kier molecular flexibility index (Phi) is 6.95. The predicted molar refractivity (Wildman–Crippen MR) is 127 cm³/mol. The summed E-state index contributed by atoms with van der Waals surface area (Å²) >= 11 is 1.70. The van der Waals surface area contributed by atoms with Crippen LogP contribution in [0, 0.1) is 0 Å². The second-order valence-electron chi connectivity index (χ2n) is 8.06. The van der Waals surface area contributed by atoms with Gasteiger partial charge in [0, 0.05) is 17.7 Å². The zero-order valence-electron chi connectivity index (χ0n) is 17.9. The highest BCUT2D eigenvalue weighted by molar-refractivity contribution is 8.13. The molecule has 0 aromatic heterocycles. The molecule has 0 fully saturated rings. The van der Waals surface area contributed by atoms with E-state index in [1.807, 2.05) is 72.8 Å².